The summed E-state index contributed by atoms with van der Waals surface area (Å²) in [4.78, 5) is 22.7. The van der Waals surface area contributed by atoms with Gasteiger partial charge in [-0.05, 0) is 24.1 Å². The number of benzene rings is 1. The Hall–Kier alpha value is -1.84. The zero-order valence-electron chi connectivity index (χ0n) is 10.4. The Morgan fingerprint density at radius 3 is 2.72 bits per heavy atom. The highest BCUT2D eigenvalue weighted by atomic mass is 16.7. The van der Waals surface area contributed by atoms with Crippen LogP contribution in [0.15, 0.2) is 18.2 Å². The number of ketones is 2. The largest absolute Gasteiger partial charge is 0.454 e. The van der Waals surface area contributed by atoms with Gasteiger partial charge in [0.15, 0.2) is 11.5 Å². The molecule has 0 bridgehead atoms. The number of aryl methyl sites for hydroxylation is 1. The van der Waals surface area contributed by atoms with E-state index in [2.05, 4.69) is 0 Å². The van der Waals surface area contributed by atoms with Gasteiger partial charge >= 0.3 is 0 Å². The zero-order chi connectivity index (χ0) is 13.0. The minimum atomic E-state index is -0.000447. The number of carbonyl (C=O) groups excluding carboxylic acids is 2. The SMILES string of the molecule is CCC(=O)CC(=O)CCc1ccc2c(c1)OCO2. The Bertz CT molecular complexity index is 465. The fourth-order valence-corrected chi connectivity index (χ4v) is 1.81. The summed E-state index contributed by atoms with van der Waals surface area (Å²) in [6, 6.07) is 5.65. The number of Topliss-reactive ketones (excluding diaryl/α,β-unsaturated/α-hetero) is 2. The van der Waals surface area contributed by atoms with Crippen molar-refractivity contribution in [1.29, 1.82) is 0 Å². The van der Waals surface area contributed by atoms with Crippen LogP contribution in [0.25, 0.3) is 0 Å². The molecule has 0 radical (unpaired) electrons. The molecule has 1 aliphatic rings. The van der Waals surface area contributed by atoms with E-state index in [4.69, 9.17) is 9.47 Å². The highest BCUT2D eigenvalue weighted by Gasteiger charge is 2.14. The molecule has 0 saturated carbocycles. The summed E-state index contributed by atoms with van der Waals surface area (Å²) in [6.07, 6.45) is 1.51. The molecule has 0 amide bonds. The molecule has 1 heterocycles. The second-order valence-electron chi connectivity index (χ2n) is 4.30. The molecule has 18 heavy (non-hydrogen) atoms. The standard InChI is InChI=1S/C14H16O4/c1-2-11(15)8-12(16)5-3-10-4-6-13-14(7-10)18-9-17-13/h4,6-7H,2-3,5,8-9H2,1H3. The van der Waals surface area contributed by atoms with Gasteiger partial charge in [0, 0.05) is 12.8 Å². The summed E-state index contributed by atoms with van der Waals surface area (Å²) in [5.41, 5.74) is 1.02. The molecule has 0 N–H and O–H groups in total. The van der Waals surface area contributed by atoms with Crippen LogP contribution in [-0.4, -0.2) is 18.4 Å². The van der Waals surface area contributed by atoms with Crippen molar-refractivity contribution in [3.63, 3.8) is 0 Å². The van der Waals surface area contributed by atoms with Crippen molar-refractivity contribution >= 4 is 11.6 Å². The third-order valence-corrected chi connectivity index (χ3v) is 2.92. The quantitative estimate of drug-likeness (QED) is 0.725. The third-order valence-electron chi connectivity index (χ3n) is 2.92. The molecule has 1 aromatic carbocycles. The number of hydrogen-bond donors (Lipinski definition) is 0. The zero-order valence-corrected chi connectivity index (χ0v) is 10.4. The Morgan fingerprint density at radius 2 is 1.94 bits per heavy atom. The predicted octanol–water partition coefficient (Wildman–Crippen LogP) is 2.29. The number of fused-ring (bicyclic) bond motifs is 1. The summed E-state index contributed by atoms with van der Waals surface area (Å²) in [7, 11) is 0. The van der Waals surface area contributed by atoms with Gasteiger partial charge in [-0.1, -0.05) is 13.0 Å². The average molecular weight is 248 g/mol. The van der Waals surface area contributed by atoms with Gasteiger partial charge in [0.2, 0.25) is 6.79 Å². The van der Waals surface area contributed by atoms with E-state index in [0.29, 0.717) is 19.3 Å². The minimum absolute atomic E-state index is 0.000447. The first-order chi connectivity index (χ1) is 8.69. The molecule has 0 atom stereocenters. The summed E-state index contributed by atoms with van der Waals surface area (Å²) < 4.78 is 10.5. The summed E-state index contributed by atoms with van der Waals surface area (Å²) in [5, 5.41) is 0. The molecular weight excluding hydrogens is 232 g/mol. The Balaban J connectivity index is 1.87. The van der Waals surface area contributed by atoms with Gasteiger partial charge in [0.05, 0.1) is 6.42 Å². The number of rotatable bonds is 6. The molecule has 4 nitrogen and oxygen atoms in total. The van der Waals surface area contributed by atoms with Crippen LogP contribution in [0.5, 0.6) is 11.5 Å². The second-order valence-corrected chi connectivity index (χ2v) is 4.30. The van der Waals surface area contributed by atoms with Crippen LogP contribution >= 0.6 is 0 Å². The fourth-order valence-electron chi connectivity index (χ4n) is 1.81. The highest BCUT2D eigenvalue weighted by Crippen LogP contribution is 2.32. The summed E-state index contributed by atoms with van der Waals surface area (Å²) in [6.45, 7) is 2.02. The van der Waals surface area contributed by atoms with E-state index in [9.17, 15) is 9.59 Å². The maximum Gasteiger partial charge on any atom is 0.231 e. The minimum Gasteiger partial charge on any atom is -0.454 e. The molecule has 1 aromatic rings. The van der Waals surface area contributed by atoms with Crippen LogP contribution in [0.3, 0.4) is 0 Å². The molecule has 4 heteroatoms. The molecule has 1 aliphatic heterocycles. The summed E-state index contributed by atoms with van der Waals surface area (Å²) >= 11 is 0. The van der Waals surface area contributed by atoms with Crippen molar-refractivity contribution in [2.24, 2.45) is 0 Å². The van der Waals surface area contributed by atoms with Crippen molar-refractivity contribution in [1.82, 2.24) is 0 Å². The first-order valence-corrected chi connectivity index (χ1v) is 6.11. The van der Waals surface area contributed by atoms with Gasteiger partial charge in [-0.15, -0.1) is 0 Å². The molecule has 2 rings (SSSR count). The van der Waals surface area contributed by atoms with Gasteiger partial charge < -0.3 is 9.47 Å². The van der Waals surface area contributed by atoms with Gasteiger partial charge in [-0.25, -0.2) is 0 Å². The Labute approximate surface area is 106 Å². The number of ether oxygens (including phenoxy) is 2. The highest BCUT2D eigenvalue weighted by molar-refractivity contribution is 5.98. The smallest absolute Gasteiger partial charge is 0.231 e. The molecule has 0 saturated heterocycles. The molecule has 0 aromatic heterocycles. The van der Waals surface area contributed by atoms with Crippen LogP contribution < -0.4 is 9.47 Å². The first kappa shape index (κ1) is 12.6. The lowest BCUT2D eigenvalue weighted by Gasteiger charge is -2.02. The lowest BCUT2D eigenvalue weighted by molar-refractivity contribution is -0.126. The van der Waals surface area contributed by atoms with Crippen LogP contribution in [0.2, 0.25) is 0 Å². The Kier molecular flexibility index (Phi) is 3.97. The van der Waals surface area contributed by atoms with E-state index in [-0.39, 0.29) is 24.8 Å². The monoisotopic (exact) mass is 248 g/mol. The molecule has 0 unspecified atom stereocenters. The van der Waals surface area contributed by atoms with E-state index >= 15 is 0 Å². The third kappa shape index (κ3) is 3.09. The van der Waals surface area contributed by atoms with Crippen LogP contribution in [-0.2, 0) is 16.0 Å². The van der Waals surface area contributed by atoms with Gasteiger partial charge in [-0.3, -0.25) is 9.59 Å². The molecule has 0 fully saturated rings. The van der Waals surface area contributed by atoms with Crippen molar-refractivity contribution in [2.75, 3.05) is 6.79 Å². The maximum atomic E-state index is 11.5. The van der Waals surface area contributed by atoms with E-state index in [1.807, 2.05) is 18.2 Å². The second kappa shape index (κ2) is 5.67. The topological polar surface area (TPSA) is 52.6 Å². The number of carbonyl (C=O) groups is 2. The van der Waals surface area contributed by atoms with Crippen molar-refractivity contribution in [2.45, 2.75) is 32.6 Å². The van der Waals surface area contributed by atoms with Crippen LogP contribution in [0, 0.1) is 0 Å². The van der Waals surface area contributed by atoms with E-state index < -0.39 is 0 Å². The fraction of sp³-hybridized carbons (Fsp3) is 0.429. The molecule has 0 spiro atoms. The normalized spacial score (nSPS) is 12.5. The number of hydrogen-bond acceptors (Lipinski definition) is 4. The van der Waals surface area contributed by atoms with Crippen molar-refractivity contribution < 1.29 is 19.1 Å². The average Bonchev–Trinajstić information content (AvgIpc) is 2.83. The van der Waals surface area contributed by atoms with Gasteiger partial charge in [0.25, 0.3) is 0 Å². The lowest BCUT2D eigenvalue weighted by atomic mass is 10.0. The van der Waals surface area contributed by atoms with E-state index in [1.54, 1.807) is 6.92 Å². The first-order valence-electron chi connectivity index (χ1n) is 6.11. The predicted molar refractivity (Wildman–Crippen MR) is 65.8 cm³/mol. The van der Waals surface area contributed by atoms with Gasteiger partial charge in [-0.2, -0.15) is 0 Å². The van der Waals surface area contributed by atoms with E-state index in [1.165, 1.54) is 0 Å². The molecule has 96 valence electrons. The van der Waals surface area contributed by atoms with Crippen molar-refractivity contribution in [3.05, 3.63) is 23.8 Å². The summed E-state index contributed by atoms with van der Waals surface area (Å²) in [5.74, 6) is 1.47. The van der Waals surface area contributed by atoms with Crippen LogP contribution in [0.4, 0.5) is 0 Å². The Morgan fingerprint density at radius 1 is 1.17 bits per heavy atom. The van der Waals surface area contributed by atoms with Gasteiger partial charge in [0.1, 0.15) is 11.6 Å². The van der Waals surface area contributed by atoms with Crippen LogP contribution in [0.1, 0.15) is 31.7 Å². The van der Waals surface area contributed by atoms with Crippen molar-refractivity contribution in [3.8, 4) is 11.5 Å². The van der Waals surface area contributed by atoms with E-state index in [0.717, 1.165) is 17.1 Å². The molecular formula is C14H16O4. The maximum absolute atomic E-state index is 11.5. The molecule has 0 aliphatic carbocycles. The lowest BCUT2D eigenvalue weighted by Crippen LogP contribution is -2.07.